The molecule has 20 nitrogen and oxygen atoms in total. The molecule has 0 spiro atoms. The van der Waals surface area contributed by atoms with Gasteiger partial charge in [-0.25, -0.2) is 19.2 Å². The number of ketones is 3. The van der Waals surface area contributed by atoms with Gasteiger partial charge in [0.15, 0.2) is 0 Å². The molecular formula is C98H80N6O14S3. The van der Waals surface area contributed by atoms with Crippen LogP contribution in [0.15, 0.2) is 299 Å². The van der Waals surface area contributed by atoms with Gasteiger partial charge in [0.2, 0.25) is 17.3 Å². The predicted molar refractivity (Wildman–Crippen MR) is 477 cm³/mol. The molecule has 23 heteroatoms. The van der Waals surface area contributed by atoms with Crippen molar-refractivity contribution in [3.05, 3.63) is 365 Å². The van der Waals surface area contributed by atoms with Gasteiger partial charge >= 0.3 is 29.8 Å². The molecule has 0 atom stereocenters. The summed E-state index contributed by atoms with van der Waals surface area (Å²) < 4.78 is 22.5. The third-order valence-corrected chi connectivity index (χ3v) is 22.8. The molecule has 0 bridgehead atoms. The van der Waals surface area contributed by atoms with Crippen molar-refractivity contribution in [2.24, 2.45) is 15.5 Å². The minimum Gasteiger partial charge on any atom is -0.464 e. The number of ether oxygens (including phenoxy) is 3. The number of benzene rings is 10. The number of hydrogen-bond donors (Lipinski definition) is 0. The highest BCUT2D eigenvalue weighted by molar-refractivity contribution is 7.13. The lowest BCUT2D eigenvalue weighted by molar-refractivity contribution is -0.142. The van der Waals surface area contributed by atoms with Gasteiger partial charge in [-0.05, 0) is 194 Å². The molecule has 6 aromatic heterocycles. The lowest BCUT2D eigenvalue weighted by Crippen LogP contribution is -2.10. The van der Waals surface area contributed by atoms with E-state index < -0.39 is 23.9 Å². The van der Waals surface area contributed by atoms with Crippen LogP contribution in [0.1, 0.15) is 133 Å². The summed E-state index contributed by atoms with van der Waals surface area (Å²) in [6.07, 6.45) is 1.13. The Morgan fingerprint density at radius 1 is 0.355 bits per heavy atom. The van der Waals surface area contributed by atoms with E-state index in [0.29, 0.717) is 92.4 Å². The lowest BCUT2D eigenvalue weighted by atomic mass is 9.97. The number of nitrogens with zero attached hydrogens (tertiary/aromatic N) is 6. The number of fused-ring (bicyclic) bond motifs is 9. The minimum absolute atomic E-state index is 0.00161. The number of carbonyl (C=O) groups is 8. The third-order valence-electron chi connectivity index (χ3n) is 20.2. The van der Waals surface area contributed by atoms with Crippen LogP contribution in [-0.2, 0) is 62.7 Å². The van der Waals surface area contributed by atoms with Crippen molar-refractivity contribution in [2.75, 3.05) is 26.4 Å². The van der Waals surface area contributed by atoms with Crippen LogP contribution in [-0.4, -0.2) is 104 Å². The van der Waals surface area contributed by atoms with E-state index in [1.54, 1.807) is 61.5 Å². The van der Waals surface area contributed by atoms with Crippen LogP contribution in [0.3, 0.4) is 0 Å². The molecule has 604 valence electrons. The molecule has 6 heterocycles. The summed E-state index contributed by atoms with van der Waals surface area (Å²) in [6, 6.07) is 79.2. The monoisotopic (exact) mass is 1660 g/mol. The molecule has 16 rings (SSSR count). The summed E-state index contributed by atoms with van der Waals surface area (Å²) in [7, 11) is 0. The first-order valence-corrected chi connectivity index (χ1v) is 41.4. The summed E-state index contributed by atoms with van der Waals surface area (Å²) in [5.41, 5.74) is 15.8. The Bertz CT molecular complexity index is 6710. The fraction of sp³-hybridized carbons (Fsp3) is 0.133. The molecule has 0 amide bonds. The van der Waals surface area contributed by atoms with E-state index in [9.17, 15) is 38.4 Å². The van der Waals surface area contributed by atoms with E-state index in [-0.39, 0.29) is 36.5 Å². The van der Waals surface area contributed by atoms with Gasteiger partial charge in [0.1, 0.15) is 24.6 Å². The van der Waals surface area contributed by atoms with E-state index in [4.69, 9.17) is 28.7 Å². The van der Waals surface area contributed by atoms with Crippen LogP contribution in [0.5, 0.6) is 0 Å². The van der Waals surface area contributed by atoms with Gasteiger partial charge < -0.3 is 42.4 Å². The summed E-state index contributed by atoms with van der Waals surface area (Å²) in [5, 5.41) is 23.9. The summed E-state index contributed by atoms with van der Waals surface area (Å²) in [4.78, 5) is 117. The van der Waals surface area contributed by atoms with Gasteiger partial charge in [0.25, 0.3) is 0 Å². The zero-order valence-corrected chi connectivity index (χ0v) is 69.3. The van der Waals surface area contributed by atoms with Crippen LogP contribution in [0.2, 0.25) is 0 Å². The Hall–Kier alpha value is -14.2. The number of hydrogen-bond acceptors (Lipinski definition) is 20. The van der Waals surface area contributed by atoms with Crippen molar-refractivity contribution in [3.63, 3.8) is 0 Å². The first kappa shape index (κ1) is 83.3. The second kappa shape index (κ2) is 38.4. The maximum atomic E-state index is 13.3. The summed E-state index contributed by atoms with van der Waals surface area (Å²) >= 11 is 4.24. The Balaban J connectivity index is 0.000000150. The smallest absolute Gasteiger partial charge is 0.365 e. The average Bonchev–Trinajstić information content (AvgIpc) is 1.61. The van der Waals surface area contributed by atoms with Crippen LogP contribution >= 0.6 is 34.0 Å². The zero-order chi connectivity index (χ0) is 84.6. The number of oxime groups is 3. The molecule has 16 aromatic rings. The summed E-state index contributed by atoms with van der Waals surface area (Å²) in [5.74, 6) is -2.50. The number of aryl methyl sites for hydroxylation is 2. The van der Waals surface area contributed by atoms with Gasteiger partial charge in [-0.15, -0.1) is 34.0 Å². The van der Waals surface area contributed by atoms with Crippen LogP contribution < -0.4 is 0 Å². The van der Waals surface area contributed by atoms with Crippen LogP contribution in [0, 0.1) is 13.8 Å². The Kier molecular flexibility index (Phi) is 26.5. The molecule has 0 saturated carbocycles. The van der Waals surface area contributed by atoms with Crippen molar-refractivity contribution in [3.8, 4) is 0 Å². The van der Waals surface area contributed by atoms with Crippen LogP contribution in [0.4, 0.5) is 0 Å². The molecule has 0 N–H and O–H groups in total. The number of esters is 2. The number of rotatable bonds is 27. The fourth-order valence-corrected chi connectivity index (χ4v) is 16.4. The van der Waals surface area contributed by atoms with Gasteiger partial charge in [-0.2, -0.15) is 0 Å². The molecule has 0 aliphatic rings. The number of thiophene rings is 3. The Morgan fingerprint density at radius 2 is 0.694 bits per heavy atom. The highest BCUT2D eigenvalue weighted by atomic mass is 32.1. The average molecular weight is 1660 g/mol. The van der Waals surface area contributed by atoms with Crippen molar-refractivity contribution in [1.82, 2.24) is 13.7 Å². The highest BCUT2D eigenvalue weighted by Gasteiger charge is 2.24. The molecule has 0 unspecified atom stereocenters. The lowest BCUT2D eigenvalue weighted by Gasteiger charge is -2.11. The molecular weight excluding hydrogens is 1580 g/mol. The molecule has 0 aliphatic heterocycles. The molecule has 0 radical (unpaired) electrons. The summed E-state index contributed by atoms with van der Waals surface area (Å²) in [6.45, 7) is 16.9. The topological polar surface area (TPSA) is 244 Å². The van der Waals surface area contributed by atoms with Crippen molar-refractivity contribution < 1.29 is 67.1 Å². The quantitative estimate of drug-likeness (QED) is 0.00884. The second-order valence-corrected chi connectivity index (χ2v) is 30.8. The predicted octanol–water partition coefficient (Wildman–Crippen LogP) is 20.7. The first-order valence-electron chi connectivity index (χ1n) is 38.8. The standard InChI is InChI=1S/C36H28N2O5S.C36H30N2O4S.C26H22N2O5S/c1-23-9-6-7-12-28(23)34(37-43-36(41)25-10-4-3-5-11-25)26-14-16-31-29(21-26)30-22-27(35(40)33-13-8-20-44-33)15-17-32(30)38(31)18-19-42-24(2)39;1-3-41-20-19-38-31-17-15-26(22-29(31)30-23-27(16-18-32(30)38)35(39)33-14-9-21-43-33)34(28-13-8-7-10-24(28)2)37-42-36(40)25-11-5-4-6-12-25;1-4-25(30)32-12-11-28-22-9-7-18(16(2)27-33-17(3)29)14-20(22)21-15-19(8-10-23(21)28)26(31)24-6-5-13-34-24/h3-17,20-22H,18-19H2,1-2H3;4-18,21-23H,3,19-20H2,1-2H3;4-10,13-15H,1,11-12H2,2-3H3/b2*37-34-;27-16+. The molecule has 121 heavy (non-hydrogen) atoms. The van der Waals surface area contributed by atoms with Gasteiger partial charge in [0.05, 0.1) is 51.2 Å². The van der Waals surface area contributed by atoms with E-state index >= 15 is 0 Å². The first-order chi connectivity index (χ1) is 58.8. The highest BCUT2D eigenvalue weighted by Crippen LogP contribution is 2.37. The number of aromatic nitrogens is 3. The maximum absolute atomic E-state index is 13.3. The van der Waals surface area contributed by atoms with Crippen LogP contribution in [0.25, 0.3) is 65.4 Å². The Morgan fingerprint density at radius 3 is 1.04 bits per heavy atom. The SMILES string of the molecule is C=CC(=O)OCCn1c2ccc(C(=O)c3cccs3)cc2c2cc(/C(C)=N/OC(C)=O)ccc21.CC(=O)OCCn1c2ccc(C(=O)c3cccs3)cc2c2cc(/C(=N/OC(=O)c3ccccc3)c3ccccc3C)ccc21.CCOCCn1c2ccc(C(=O)c3cccs3)cc2c2cc(/C(=N/OC(=O)c3ccccc3)c3ccccc3C)ccc21. The van der Waals surface area contributed by atoms with Crippen molar-refractivity contribution >= 4 is 164 Å². The van der Waals surface area contributed by atoms with E-state index in [2.05, 4.69) is 43.3 Å². The molecule has 0 aliphatic carbocycles. The van der Waals surface area contributed by atoms with Gasteiger partial charge in [-0.1, -0.05) is 143 Å². The largest absolute Gasteiger partial charge is 0.464 e. The Labute approximate surface area is 708 Å². The van der Waals surface area contributed by atoms with Crippen molar-refractivity contribution in [1.29, 1.82) is 0 Å². The van der Waals surface area contributed by atoms with Gasteiger partial charge in [0, 0.05) is 137 Å². The van der Waals surface area contributed by atoms with Crippen molar-refractivity contribution in [2.45, 2.75) is 61.2 Å². The van der Waals surface area contributed by atoms with E-state index in [1.165, 1.54) is 47.9 Å². The fourth-order valence-electron chi connectivity index (χ4n) is 14.3. The maximum Gasteiger partial charge on any atom is 0.365 e. The van der Waals surface area contributed by atoms with E-state index in [1.807, 2.05) is 230 Å². The number of carbonyl (C=O) groups excluding carboxylic acids is 8. The minimum atomic E-state index is -0.559. The molecule has 0 fully saturated rings. The van der Waals surface area contributed by atoms with E-state index in [0.717, 1.165) is 110 Å². The second-order valence-electron chi connectivity index (χ2n) is 27.9. The zero-order valence-electron chi connectivity index (χ0n) is 66.8. The normalized spacial score (nSPS) is 11.6. The third kappa shape index (κ3) is 19.0. The molecule has 10 aromatic carbocycles. The molecule has 0 saturated heterocycles. The van der Waals surface area contributed by atoms with Gasteiger partial charge in [-0.3, -0.25) is 19.2 Å².